The number of fused-ring (bicyclic) bond motifs is 1. The minimum Gasteiger partial charge on any atom is -0.465 e. The molecular formula is C17H17N3O3. The Bertz CT molecular complexity index is 886. The molecule has 0 atom stereocenters. The van der Waals surface area contributed by atoms with Crippen LogP contribution in [-0.2, 0) is 6.42 Å². The fourth-order valence-electron chi connectivity index (χ4n) is 2.69. The molecule has 6 heteroatoms. The summed E-state index contributed by atoms with van der Waals surface area (Å²) in [5, 5.41) is 11.6. The predicted molar refractivity (Wildman–Crippen MR) is 86.6 cm³/mol. The number of carbonyl (C=O) groups is 1. The topological polar surface area (TPSA) is 84.2 Å². The van der Waals surface area contributed by atoms with Crippen molar-refractivity contribution in [2.75, 3.05) is 6.54 Å². The summed E-state index contributed by atoms with van der Waals surface area (Å²) in [6, 6.07) is 5.62. The fraction of sp³-hybridized carbons (Fsp3) is 0.353. The Labute approximate surface area is 133 Å². The molecule has 23 heavy (non-hydrogen) atoms. The van der Waals surface area contributed by atoms with Gasteiger partial charge in [0.2, 0.25) is 0 Å². The van der Waals surface area contributed by atoms with Gasteiger partial charge in [-0.3, -0.25) is 9.36 Å². The van der Waals surface area contributed by atoms with E-state index < -0.39 is 6.09 Å². The van der Waals surface area contributed by atoms with Gasteiger partial charge < -0.3 is 10.4 Å². The largest absolute Gasteiger partial charge is 0.465 e. The minimum atomic E-state index is -1.08. The lowest BCUT2D eigenvalue weighted by molar-refractivity contribution is 0.194. The van der Waals surface area contributed by atoms with Crippen LogP contribution in [0.5, 0.6) is 0 Å². The van der Waals surface area contributed by atoms with Crippen molar-refractivity contribution in [1.29, 1.82) is 0 Å². The Morgan fingerprint density at radius 3 is 2.91 bits per heavy atom. The third-order valence-electron chi connectivity index (χ3n) is 3.80. The number of nitrogens with one attached hydrogen (secondary N) is 1. The molecule has 0 bridgehead atoms. The first-order valence-electron chi connectivity index (χ1n) is 7.55. The molecule has 1 saturated carbocycles. The molecule has 0 aliphatic heterocycles. The maximum Gasteiger partial charge on any atom is 0.404 e. The lowest BCUT2D eigenvalue weighted by Gasteiger charge is -2.13. The number of hydrogen-bond acceptors (Lipinski definition) is 3. The number of nitrogens with zero attached hydrogens (tertiary/aromatic N) is 2. The van der Waals surface area contributed by atoms with Crippen LogP contribution in [-0.4, -0.2) is 27.3 Å². The molecule has 2 aromatic rings. The van der Waals surface area contributed by atoms with E-state index >= 15 is 0 Å². The highest BCUT2D eigenvalue weighted by Gasteiger charge is 2.28. The summed E-state index contributed by atoms with van der Waals surface area (Å²) < 4.78 is 1.71. The second-order valence-electron chi connectivity index (χ2n) is 5.49. The number of rotatable bonds is 4. The van der Waals surface area contributed by atoms with Crippen molar-refractivity contribution in [2.24, 2.45) is 0 Å². The second kappa shape index (κ2) is 6.13. The van der Waals surface area contributed by atoms with Gasteiger partial charge in [-0.1, -0.05) is 12.0 Å². The zero-order chi connectivity index (χ0) is 16.4. The predicted octanol–water partition coefficient (Wildman–Crippen LogP) is 1.91. The molecule has 0 radical (unpaired) electrons. The molecule has 0 saturated heterocycles. The number of aromatic nitrogens is 2. The van der Waals surface area contributed by atoms with Crippen LogP contribution in [0, 0.1) is 11.8 Å². The van der Waals surface area contributed by atoms with Crippen molar-refractivity contribution in [3.8, 4) is 11.8 Å². The van der Waals surface area contributed by atoms with Gasteiger partial charge in [0.05, 0.1) is 10.9 Å². The lowest BCUT2D eigenvalue weighted by atomic mass is 10.1. The molecule has 1 fully saturated rings. The van der Waals surface area contributed by atoms with Gasteiger partial charge in [-0.25, -0.2) is 9.78 Å². The fourth-order valence-corrected chi connectivity index (χ4v) is 2.69. The number of amides is 1. The summed E-state index contributed by atoms with van der Waals surface area (Å²) in [6.07, 6.45) is 1.21. The summed E-state index contributed by atoms with van der Waals surface area (Å²) in [4.78, 5) is 28.1. The molecule has 1 amide bonds. The van der Waals surface area contributed by atoms with E-state index in [2.05, 4.69) is 22.1 Å². The van der Waals surface area contributed by atoms with Crippen molar-refractivity contribution < 1.29 is 9.90 Å². The van der Waals surface area contributed by atoms with Gasteiger partial charge >= 0.3 is 6.09 Å². The van der Waals surface area contributed by atoms with Gasteiger partial charge in [0.1, 0.15) is 5.82 Å². The Morgan fingerprint density at radius 1 is 1.48 bits per heavy atom. The quantitative estimate of drug-likeness (QED) is 0.845. The number of benzene rings is 1. The van der Waals surface area contributed by atoms with Gasteiger partial charge in [-0.15, -0.1) is 5.92 Å². The van der Waals surface area contributed by atoms with Crippen molar-refractivity contribution in [2.45, 2.75) is 32.2 Å². The Hall–Kier alpha value is -2.81. The van der Waals surface area contributed by atoms with Crippen LogP contribution in [0.4, 0.5) is 4.79 Å². The van der Waals surface area contributed by atoms with Gasteiger partial charge in [-0.2, -0.15) is 0 Å². The maximum atomic E-state index is 12.9. The first kappa shape index (κ1) is 15.1. The van der Waals surface area contributed by atoms with Crippen LogP contribution in [0.3, 0.4) is 0 Å². The maximum absolute atomic E-state index is 12.9. The van der Waals surface area contributed by atoms with Crippen LogP contribution in [0.1, 0.15) is 37.2 Å². The molecule has 6 nitrogen and oxygen atoms in total. The van der Waals surface area contributed by atoms with Crippen molar-refractivity contribution in [3.63, 3.8) is 0 Å². The van der Waals surface area contributed by atoms with E-state index in [0.717, 1.165) is 12.8 Å². The second-order valence-corrected chi connectivity index (χ2v) is 5.49. The van der Waals surface area contributed by atoms with Crippen molar-refractivity contribution in [1.82, 2.24) is 14.9 Å². The monoisotopic (exact) mass is 311 g/mol. The van der Waals surface area contributed by atoms with Crippen molar-refractivity contribution in [3.05, 3.63) is 39.9 Å². The Balaban J connectivity index is 2.13. The van der Waals surface area contributed by atoms with Crippen LogP contribution >= 0.6 is 0 Å². The molecular weight excluding hydrogens is 294 g/mol. The van der Waals surface area contributed by atoms with E-state index in [1.165, 1.54) is 0 Å². The molecule has 2 N–H and O–H groups in total. The van der Waals surface area contributed by atoms with E-state index in [0.29, 0.717) is 28.7 Å². The van der Waals surface area contributed by atoms with Gasteiger partial charge in [0.15, 0.2) is 0 Å². The van der Waals surface area contributed by atoms with Crippen molar-refractivity contribution >= 4 is 17.0 Å². The first-order valence-corrected chi connectivity index (χ1v) is 7.55. The third-order valence-corrected chi connectivity index (χ3v) is 3.80. The molecule has 0 unspecified atom stereocenters. The van der Waals surface area contributed by atoms with Crippen LogP contribution in [0.25, 0.3) is 10.9 Å². The van der Waals surface area contributed by atoms with E-state index in [1.807, 2.05) is 12.1 Å². The standard InChI is InChI=1S/C17H17N3O3/c1-2-4-11-5-3-6-13-15(11)16(21)20(12-7-8-12)14(19-13)9-10-18-17(22)23/h3,5-6,12,18H,7-10H2,1H3,(H,22,23). The highest BCUT2D eigenvalue weighted by molar-refractivity contribution is 5.84. The Kier molecular flexibility index (Phi) is 4.02. The summed E-state index contributed by atoms with van der Waals surface area (Å²) in [5.41, 5.74) is 1.21. The SMILES string of the molecule is CC#Cc1cccc2nc(CCNC(=O)O)n(C3CC3)c(=O)c12. The van der Waals surface area contributed by atoms with Gasteiger partial charge in [-0.05, 0) is 31.9 Å². The lowest BCUT2D eigenvalue weighted by Crippen LogP contribution is -2.29. The minimum absolute atomic E-state index is 0.0822. The van der Waals surface area contributed by atoms with Crippen LogP contribution < -0.4 is 10.9 Å². The normalized spacial score (nSPS) is 13.4. The highest BCUT2D eigenvalue weighted by Crippen LogP contribution is 2.34. The van der Waals surface area contributed by atoms with E-state index in [4.69, 9.17) is 5.11 Å². The number of carboxylic acid groups (broad SMARTS) is 1. The zero-order valence-corrected chi connectivity index (χ0v) is 12.8. The third kappa shape index (κ3) is 3.04. The average molecular weight is 311 g/mol. The van der Waals surface area contributed by atoms with E-state index in [1.54, 1.807) is 17.6 Å². The summed E-state index contributed by atoms with van der Waals surface area (Å²) in [6.45, 7) is 1.96. The molecule has 1 heterocycles. The van der Waals surface area contributed by atoms with Gasteiger partial charge in [0.25, 0.3) is 5.56 Å². The van der Waals surface area contributed by atoms with Crippen LogP contribution in [0.15, 0.2) is 23.0 Å². The molecule has 0 spiro atoms. The molecule has 1 aliphatic rings. The number of hydrogen-bond donors (Lipinski definition) is 2. The van der Waals surface area contributed by atoms with E-state index in [9.17, 15) is 9.59 Å². The summed E-state index contributed by atoms with van der Waals surface area (Å²) in [5.74, 6) is 6.42. The molecule has 1 aromatic carbocycles. The highest BCUT2D eigenvalue weighted by atomic mass is 16.4. The van der Waals surface area contributed by atoms with E-state index in [-0.39, 0.29) is 18.1 Å². The van der Waals surface area contributed by atoms with Crippen LogP contribution in [0.2, 0.25) is 0 Å². The zero-order valence-electron chi connectivity index (χ0n) is 12.8. The first-order chi connectivity index (χ1) is 11.1. The molecule has 1 aromatic heterocycles. The van der Waals surface area contributed by atoms with Gasteiger partial charge in [0, 0.05) is 24.6 Å². The molecule has 118 valence electrons. The smallest absolute Gasteiger partial charge is 0.404 e. The summed E-state index contributed by atoms with van der Waals surface area (Å²) >= 11 is 0. The summed E-state index contributed by atoms with van der Waals surface area (Å²) in [7, 11) is 0. The Morgan fingerprint density at radius 2 is 2.26 bits per heavy atom. The molecule has 3 rings (SSSR count). The average Bonchev–Trinajstić information content (AvgIpc) is 3.32. The molecule has 1 aliphatic carbocycles.